The normalized spacial score (nSPS) is 21.6. The second-order valence-corrected chi connectivity index (χ2v) is 9.36. The molecule has 2 aliphatic rings. The summed E-state index contributed by atoms with van der Waals surface area (Å²) in [6.45, 7) is 8.90. The van der Waals surface area contributed by atoms with E-state index in [0.717, 1.165) is 36.6 Å². The van der Waals surface area contributed by atoms with Gasteiger partial charge in [0.05, 0.1) is 16.3 Å². The number of thiazole rings is 1. The van der Waals surface area contributed by atoms with Gasteiger partial charge in [-0.1, -0.05) is 11.2 Å². The van der Waals surface area contributed by atoms with Crippen molar-refractivity contribution >= 4 is 17.0 Å². The number of aromatic nitrogens is 1. The molecule has 0 aliphatic carbocycles. The van der Waals surface area contributed by atoms with Gasteiger partial charge >= 0.3 is 0 Å². The van der Waals surface area contributed by atoms with E-state index in [2.05, 4.69) is 30.8 Å². The molecule has 1 atom stereocenters. The van der Waals surface area contributed by atoms with Gasteiger partial charge in [0.1, 0.15) is 17.3 Å². The molecule has 2 aliphatic heterocycles. The van der Waals surface area contributed by atoms with Crippen molar-refractivity contribution in [1.82, 2.24) is 9.88 Å². The smallest absolute Gasteiger partial charge is 0.164 e. The zero-order chi connectivity index (χ0) is 19.9. The van der Waals surface area contributed by atoms with Crippen LogP contribution in [0.4, 0.5) is 8.78 Å². The van der Waals surface area contributed by atoms with Gasteiger partial charge in [-0.3, -0.25) is 4.90 Å². The SMILES string of the molecule is CC(C)(C)N1CCC(c2nc(C3=NOC(c4c(F)cccc4F)C3)cs2)CC1. The fourth-order valence-corrected chi connectivity index (χ4v) is 4.91. The van der Waals surface area contributed by atoms with Crippen LogP contribution in [-0.4, -0.2) is 34.2 Å². The van der Waals surface area contributed by atoms with E-state index in [1.54, 1.807) is 11.3 Å². The molecular weight excluding hydrogens is 380 g/mol. The van der Waals surface area contributed by atoms with Gasteiger partial charge in [0.2, 0.25) is 0 Å². The number of nitrogens with zero attached hydrogens (tertiary/aromatic N) is 3. The first-order chi connectivity index (χ1) is 13.3. The minimum atomic E-state index is -0.739. The van der Waals surface area contributed by atoms with Crippen molar-refractivity contribution < 1.29 is 13.6 Å². The van der Waals surface area contributed by atoms with Crippen molar-refractivity contribution in [2.75, 3.05) is 13.1 Å². The van der Waals surface area contributed by atoms with Crippen LogP contribution >= 0.6 is 11.3 Å². The van der Waals surface area contributed by atoms with Gasteiger partial charge in [0, 0.05) is 23.3 Å². The third-order valence-corrected chi connectivity index (χ3v) is 6.61. The van der Waals surface area contributed by atoms with Gasteiger partial charge in [-0.25, -0.2) is 13.8 Å². The molecule has 1 fully saturated rings. The topological polar surface area (TPSA) is 37.7 Å². The highest BCUT2D eigenvalue weighted by atomic mass is 32.1. The van der Waals surface area contributed by atoms with Gasteiger partial charge < -0.3 is 4.84 Å². The number of halogens is 2. The van der Waals surface area contributed by atoms with Crippen LogP contribution in [0.15, 0.2) is 28.7 Å². The summed E-state index contributed by atoms with van der Waals surface area (Å²) in [4.78, 5) is 12.6. The Morgan fingerprint density at radius 2 is 1.82 bits per heavy atom. The predicted octanol–water partition coefficient (Wildman–Crippen LogP) is 5.26. The highest BCUT2D eigenvalue weighted by Crippen LogP contribution is 2.36. The number of hydrogen-bond acceptors (Lipinski definition) is 5. The molecule has 0 saturated carbocycles. The highest BCUT2D eigenvalue weighted by Gasteiger charge is 2.32. The quantitative estimate of drug-likeness (QED) is 0.699. The van der Waals surface area contributed by atoms with Crippen molar-refractivity contribution in [3.05, 3.63) is 51.5 Å². The van der Waals surface area contributed by atoms with E-state index in [1.165, 1.54) is 18.2 Å². The van der Waals surface area contributed by atoms with Crippen LogP contribution in [0.3, 0.4) is 0 Å². The molecule has 7 heteroatoms. The Labute approximate surface area is 168 Å². The second-order valence-electron chi connectivity index (χ2n) is 8.47. The van der Waals surface area contributed by atoms with Crippen LogP contribution in [0.5, 0.6) is 0 Å². The maximum absolute atomic E-state index is 14.0. The summed E-state index contributed by atoms with van der Waals surface area (Å²) < 4.78 is 28.0. The zero-order valence-electron chi connectivity index (χ0n) is 16.4. The minimum Gasteiger partial charge on any atom is -0.387 e. The largest absolute Gasteiger partial charge is 0.387 e. The van der Waals surface area contributed by atoms with Crippen LogP contribution < -0.4 is 0 Å². The molecule has 1 aromatic heterocycles. The number of oxime groups is 1. The lowest BCUT2D eigenvalue weighted by Gasteiger charge is -2.40. The van der Waals surface area contributed by atoms with Crippen LogP contribution in [0, 0.1) is 11.6 Å². The predicted molar refractivity (Wildman–Crippen MR) is 107 cm³/mol. The lowest BCUT2D eigenvalue weighted by molar-refractivity contribution is 0.0800. The Morgan fingerprint density at radius 3 is 2.46 bits per heavy atom. The van der Waals surface area contributed by atoms with E-state index in [1.807, 2.05) is 5.38 Å². The lowest BCUT2D eigenvalue weighted by Crippen LogP contribution is -2.45. The standard InChI is InChI=1S/C21H25F2N3OS/c1-21(2,3)26-9-7-13(8-10-26)20-24-17(12-28-20)16-11-18(27-25-16)19-14(22)5-4-6-15(19)23/h4-6,12-13,18H,7-11H2,1-3H3. The van der Waals surface area contributed by atoms with Gasteiger partial charge in [-0.2, -0.15) is 0 Å². The van der Waals surface area contributed by atoms with E-state index < -0.39 is 17.7 Å². The summed E-state index contributed by atoms with van der Waals surface area (Å²) in [6, 6.07) is 3.83. The molecule has 2 aromatic rings. The second kappa shape index (κ2) is 7.52. The first-order valence-electron chi connectivity index (χ1n) is 9.70. The molecule has 1 unspecified atom stereocenters. The minimum absolute atomic E-state index is 0.0637. The fourth-order valence-electron chi connectivity index (χ4n) is 3.91. The molecule has 0 bridgehead atoms. The maximum atomic E-state index is 14.0. The number of hydrogen-bond donors (Lipinski definition) is 0. The van der Waals surface area contributed by atoms with E-state index >= 15 is 0 Å². The average Bonchev–Trinajstić information content (AvgIpc) is 3.30. The molecule has 1 aromatic carbocycles. The van der Waals surface area contributed by atoms with Crippen molar-refractivity contribution in [3.8, 4) is 0 Å². The molecule has 3 heterocycles. The Bertz CT molecular complexity index is 862. The number of piperidine rings is 1. The van der Waals surface area contributed by atoms with Crippen molar-refractivity contribution in [1.29, 1.82) is 0 Å². The number of benzene rings is 1. The monoisotopic (exact) mass is 405 g/mol. The van der Waals surface area contributed by atoms with Crippen molar-refractivity contribution in [2.45, 2.75) is 57.6 Å². The van der Waals surface area contributed by atoms with Crippen LogP contribution in [-0.2, 0) is 4.84 Å². The molecule has 0 spiro atoms. The molecule has 150 valence electrons. The third kappa shape index (κ3) is 3.82. The van der Waals surface area contributed by atoms with E-state index in [4.69, 9.17) is 9.82 Å². The summed E-state index contributed by atoms with van der Waals surface area (Å²) >= 11 is 1.64. The van der Waals surface area contributed by atoms with Gasteiger partial charge in [-0.05, 0) is 58.8 Å². The lowest BCUT2D eigenvalue weighted by atomic mass is 9.93. The first-order valence-corrected chi connectivity index (χ1v) is 10.6. The summed E-state index contributed by atoms with van der Waals surface area (Å²) in [5.74, 6) is -0.753. The number of likely N-dealkylation sites (tertiary alicyclic amines) is 1. The highest BCUT2D eigenvalue weighted by molar-refractivity contribution is 7.10. The van der Waals surface area contributed by atoms with Crippen molar-refractivity contribution in [2.24, 2.45) is 5.16 Å². The average molecular weight is 406 g/mol. The molecular formula is C21H25F2N3OS. The van der Waals surface area contributed by atoms with Crippen LogP contribution in [0.25, 0.3) is 0 Å². The molecule has 4 nitrogen and oxygen atoms in total. The molecule has 4 rings (SSSR count). The van der Waals surface area contributed by atoms with Gasteiger partial charge in [-0.15, -0.1) is 11.3 Å². The fraction of sp³-hybridized carbons (Fsp3) is 0.524. The summed E-state index contributed by atoms with van der Waals surface area (Å²) in [6.07, 6.45) is 1.77. The van der Waals surface area contributed by atoms with E-state index in [0.29, 0.717) is 18.1 Å². The maximum Gasteiger partial charge on any atom is 0.164 e. The Balaban J connectivity index is 1.42. The van der Waals surface area contributed by atoms with Crippen LogP contribution in [0.2, 0.25) is 0 Å². The Hall–Kier alpha value is -1.86. The molecule has 0 amide bonds. The molecule has 1 saturated heterocycles. The summed E-state index contributed by atoms with van der Waals surface area (Å²) in [5.41, 5.74) is 1.55. The summed E-state index contributed by atoms with van der Waals surface area (Å²) in [7, 11) is 0. The first kappa shape index (κ1) is 19.5. The zero-order valence-corrected chi connectivity index (χ0v) is 17.2. The van der Waals surface area contributed by atoms with Gasteiger partial charge in [0.25, 0.3) is 0 Å². The van der Waals surface area contributed by atoms with E-state index in [9.17, 15) is 8.78 Å². The van der Waals surface area contributed by atoms with Crippen LogP contribution in [0.1, 0.15) is 68.3 Å². The van der Waals surface area contributed by atoms with Crippen molar-refractivity contribution in [3.63, 3.8) is 0 Å². The Morgan fingerprint density at radius 1 is 1.14 bits per heavy atom. The number of rotatable bonds is 3. The third-order valence-electron chi connectivity index (χ3n) is 5.60. The Kier molecular flexibility index (Phi) is 5.22. The molecule has 0 radical (unpaired) electrons. The van der Waals surface area contributed by atoms with Gasteiger partial charge in [0.15, 0.2) is 6.10 Å². The molecule has 28 heavy (non-hydrogen) atoms. The summed E-state index contributed by atoms with van der Waals surface area (Å²) in [5, 5.41) is 7.17. The van der Waals surface area contributed by atoms with E-state index in [-0.39, 0.29) is 11.1 Å². The molecule has 0 N–H and O–H groups in total.